The Morgan fingerprint density at radius 3 is 2.31 bits per heavy atom. The van der Waals surface area contributed by atoms with Gasteiger partial charge in [0.15, 0.2) is 0 Å². The largest absolute Gasteiger partial charge is 0.462 e. The summed E-state index contributed by atoms with van der Waals surface area (Å²) in [5.41, 5.74) is 6.40. The van der Waals surface area contributed by atoms with E-state index in [0.29, 0.717) is 28.1 Å². The fourth-order valence-corrected chi connectivity index (χ4v) is 10.1. The molecule has 0 aliphatic carbocycles. The van der Waals surface area contributed by atoms with Crippen LogP contribution in [-0.2, 0) is 4.74 Å². The second-order valence-corrected chi connectivity index (χ2v) is 14.2. The Hall–Kier alpha value is -1.64. The van der Waals surface area contributed by atoms with Gasteiger partial charge in [0.05, 0.1) is 16.9 Å². The number of esters is 1. The van der Waals surface area contributed by atoms with E-state index >= 15 is 0 Å². The molecule has 2 heterocycles. The highest BCUT2D eigenvalue weighted by molar-refractivity contribution is 7.20. The van der Waals surface area contributed by atoms with Crippen LogP contribution in [0.2, 0.25) is 16.6 Å². The van der Waals surface area contributed by atoms with Crippen LogP contribution in [0.3, 0.4) is 0 Å². The Labute approximate surface area is 162 Å². The smallest absolute Gasteiger partial charge is 0.348 e. The maximum Gasteiger partial charge on any atom is 0.348 e. The summed E-state index contributed by atoms with van der Waals surface area (Å²) >= 11 is 1.42. The van der Waals surface area contributed by atoms with Crippen LogP contribution in [0.25, 0.3) is 10.1 Å². The highest BCUT2D eigenvalue weighted by Gasteiger charge is 2.41. The standard InChI is InChI=1S/C21H29NO2SSi/c1-8-24-21(23)19-11-18-17(12-22-13-20(18)25-19)9-10-26(14(2)3,15(4)5)16(6)7/h11-16H,8H2,1-7H3. The van der Waals surface area contributed by atoms with Gasteiger partial charge in [0, 0.05) is 17.8 Å². The summed E-state index contributed by atoms with van der Waals surface area (Å²) in [5, 5.41) is 1.000. The molecule has 0 aliphatic rings. The molecule has 26 heavy (non-hydrogen) atoms. The molecule has 140 valence electrons. The first-order valence-corrected chi connectivity index (χ1v) is 12.4. The van der Waals surface area contributed by atoms with E-state index in [0.717, 1.165) is 15.6 Å². The summed E-state index contributed by atoms with van der Waals surface area (Å²) in [6.07, 6.45) is 3.61. The van der Waals surface area contributed by atoms with Gasteiger partial charge in [-0.1, -0.05) is 47.5 Å². The topological polar surface area (TPSA) is 39.2 Å². The van der Waals surface area contributed by atoms with Crippen LogP contribution >= 0.6 is 11.3 Å². The van der Waals surface area contributed by atoms with Gasteiger partial charge in [0.2, 0.25) is 0 Å². The van der Waals surface area contributed by atoms with E-state index in [1.165, 1.54) is 11.3 Å². The second kappa shape index (κ2) is 8.37. The lowest BCUT2D eigenvalue weighted by atomic mass is 10.2. The molecule has 5 heteroatoms. The van der Waals surface area contributed by atoms with E-state index in [9.17, 15) is 4.79 Å². The van der Waals surface area contributed by atoms with Crippen molar-refractivity contribution in [2.24, 2.45) is 0 Å². The van der Waals surface area contributed by atoms with Crippen LogP contribution in [0.1, 0.15) is 63.7 Å². The maximum absolute atomic E-state index is 12.0. The SMILES string of the molecule is CCOC(=O)c1cc2c(C#C[Si](C(C)C)(C(C)C)C(C)C)cncc2s1. The number of fused-ring (bicyclic) bond motifs is 1. The van der Waals surface area contributed by atoms with Gasteiger partial charge in [0.1, 0.15) is 13.0 Å². The van der Waals surface area contributed by atoms with Crippen molar-refractivity contribution < 1.29 is 9.53 Å². The van der Waals surface area contributed by atoms with Crippen LogP contribution in [0.15, 0.2) is 18.5 Å². The third-order valence-corrected chi connectivity index (χ3v) is 12.5. The zero-order chi connectivity index (χ0) is 19.5. The number of aromatic nitrogens is 1. The first kappa shape index (κ1) is 20.7. The number of rotatable bonds is 5. The quantitative estimate of drug-likeness (QED) is 0.356. The third-order valence-electron chi connectivity index (χ3n) is 5.20. The number of hydrogen-bond acceptors (Lipinski definition) is 4. The average Bonchev–Trinajstić information content (AvgIpc) is 2.99. The van der Waals surface area contributed by atoms with Gasteiger partial charge in [-0.2, -0.15) is 0 Å². The van der Waals surface area contributed by atoms with E-state index in [2.05, 4.69) is 58.0 Å². The fourth-order valence-electron chi connectivity index (χ4n) is 3.97. The molecule has 0 saturated heterocycles. The van der Waals surface area contributed by atoms with Crippen molar-refractivity contribution >= 4 is 35.5 Å². The first-order valence-electron chi connectivity index (χ1n) is 9.31. The molecule has 0 N–H and O–H groups in total. The first-order chi connectivity index (χ1) is 12.2. The average molecular weight is 388 g/mol. The molecular weight excluding hydrogens is 358 g/mol. The summed E-state index contributed by atoms with van der Waals surface area (Å²) in [6, 6.07) is 1.90. The van der Waals surface area contributed by atoms with Gasteiger partial charge in [-0.05, 0) is 29.6 Å². The Morgan fingerprint density at radius 1 is 1.15 bits per heavy atom. The van der Waals surface area contributed by atoms with Crippen molar-refractivity contribution in [1.29, 1.82) is 0 Å². The van der Waals surface area contributed by atoms with Gasteiger partial charge in [-0.3, -0.25) is 4.98 Å². The number of carbonyl (C=O) groups is 1. The molecule has 0 saturated carbocycles. The van der Waals surface area contributed by atoms with E-state index in [-0.39, 0.29) is 5.97 Å². The lowest BCUT2D eigenvalue weighted by molar-refractivity contribution is 0.0532. The van der Waals surface area contributed by atoms with Gasteiger partial charge in [-0.15, -0.1) is 16.9 Å². The molecule has 0 unspecified atom stereocenters. The van der Waals surface area contributed by atoms with Crippen molar-refractivity contribution in [3.63, 3.8) is 0 Å². The monoisotopic (exact) mass is 387 g/mol. The minimum Gasteiger partial charge on any atom is -0.462 e. The molecule has 0 aromatic carbocycles. The molecule has 0 amide bonds. The van der Waals surface area contributed by atoms with E-state index < -0.39 is 8.07 Å². The zero-order valence-corrected chi connectivity index (χ0v) is 18.7. The summed E-state index contributed by atoms with van der Waals surface area (Å²) in [6.45, 7) is 16.0. The Kier molecular flexibility index (Phi) is 6.65. The molecule has 2 aromatic heterocycles. The number of ether oxygens (including phenoxy) is 1. The number of hydrogen-bond donors (Lipinski definition) is 0. The molecule has 0 spiro atoms. The van der Waals surface area contributed by atoms with Crippen LogP contribution < -0.4 is 0 Å². The predicted molar refractivity (Wildman–Crippen MR) is 114 cm³/mol. The highest BCUT2D eigenvalue weighted by Crippen LogP contribution is 2.41. The van der Waals surface area contributed by atoms with Gasteiger partial charge in [-0.25, -0.2) is 4.79 Å². The molecule has 0 aliphatic heterocycles. The van der Waals surface area contributed by atoms with Crippen LogP contribution in [0.4, 0.5) is 0 Å². The van der Waals surface area contributed by atoms with Gasteiger partial charge < -0.3 is 4.74 Å². The second-order valence-electron chi connectivity index (χ2n) is 7.58. The van der Waals surface area contributed by atoms with Crippen LogP contribution in [-0.4, -0.2) is 25.6 Å². The minimum absolute atomic E-state index is 0.275. The Bertz CT molecular complexity index is 821. The van der Waals surface area contributed by atoms with E-state index in [1.54, 1.807) is 6.20 Å². The fraction of sp³-hybridized carbons (Fsp3) is 0.524. The van der Waals surface area contributed by atoms with Gasteiger partial charge >= 0.3 is 5.97 Å². The summed E-state index contributed by atoms with van der Waals surface area (Å²) in [5.74, 6) is 3.19. The van der Waals surface area contributed by atoms with Crippen molar-refractivity contribution in [1.82, 2.24) is 4.98 Å². The van der Waals surface area contributed by atoms with Crippen molar-refractivity contribution in [3.8, 4) is 11.5 Å². The summed E-state index contributed by atoms with van der Waals surface area (Å²) in [4.78, 5) is 17.0. The molecule has 0 fully saturated rings. The maximum atomic E-state index is 12.0. The zero-order valence-electron chi connectivity index (χ0n) is 16.8. The Morgan fingerprint density at radius 2 is 1.77 bits per heavy atom. The highest BCUT2D eigenvalue weighted by atomic mass is 32.1. The minimum atomic E-state index is -1.80. The van der Waals surface area contributed by atoms with E-state index in [4.69, 9.17) is 4.74 Å². The lowest BCUT2D eigenvalue weighted by Crippen LogP contribution is -2.43. The lowest BCUT2D eigenvalue weighted by Gasteiger charge is -2.38. The summed E-state index contributed by atoms with van der Waals surface area (Å²) in [7, 11) is -1.80. The summed E-state index contributed by atoms with van der Waals surface area (Å²) < 4.78 is 6.11. The number of thiophene rings is 1. The molecule has 0 bridgehead atoms. The number of carbonyl (C=O) groups excluding carboxylic acids is 1. The van der Waals surface area contributed by atoms with E-state index in [1.807, 2.05) is 19.2 Å². The molecule has 0 radical (unpaired) electrons. The predicted octanol–water partition coefficient (Wildman–Crippen LogP) is 6.04. The molecular formula is C21H29NO2SSi. The molecule has 0 atom stereocenters. The van der Waals surface area contributed by atoms with Crippen LogP contribution in [0, 0.1) is 11.5 Å². The van der Waals surface area contributed by atoms with Gasteiger partial charge in [0.25, 0.3) is 0 Å². The Balaban J connectivity index is 2.55. The molecule has 2 aromatic rings. The van der Waals surface area contributed by atoms with Crippen LogP contribution in [0.5, 0.6) is 0 Å². The number of pyridine rings is 1. The van der Waals surface area contributed by atoms with Crippen molar-refractivity contribution in [2.45, 2.75) is 65.1 Å². The van der Waals surface area contributed by atoms with Crippen molar-refractivity contribution in [3.05, 3.63) is 28.9 Å². The normalized spacial score (nSPS) is 11.9. The number of nitrogens with zero attached hydrogens (tertiary/aromatic N) is 1. The van der Waals surface area contributed by atoms with Crippen molar-refractivity contribution in [2.75, 3.05) is 6.61 Å². The third kappa shape index (κ3) is 3.87. The molecule has 2 rings (SSSR count). The molecule has 3 nitrogen and oxygen atoms in total.